The van der Waals surface area contributed by atoms with Crippen molar-refractivity contribution in [3.8, 4) is 0 Å². The van der Waals surface area contributed by atoms with Crippen LogP contribution in [0.25, 0.3) is 0 Å². The molecule has 1 aromatic rings. The first-order valence-electron chi connectivity index (χ1n) is 6.53. The molecule has 7 heteroatoms. The number of methoxy groups -OCH3 is 1. The van der Waals surface area contributed by atoms with Crippen LogP contribution < -0.4 is 4.90 Å². The molecule has 0 amide bonds. The summed E-state index contributed by atoms with van der Waals surface area (Å²) in [6.07, 6.45) is 6.12. The molecule has 0 radical (unpaired) electrons. The maximum Gasteiger partial charge on any atom is 0.358 e. The van der Waals surface area contributed by atoms with Crippen LogP contribution in [0.1, 0.15) is 36.2 Å². The quantitative estimate of drug-likeness (QED) is 0.828. The lowest BCUT2D eigenvalue weighted by Crippen LogP contribution is -2.41. The van der Waals surface area contributed by atoms with E-state index < -0.39 is 18.0 Å². The van der Waals surface area contributed by atoms with Crippen LogP contribution in [0.15, 0.2) is 12.4 Å². The highest BCUT2D eigenvalue weighted by Gasteiger charge is 2.28. The SMILES string of the molecule is COC(=O)c1cncc(N2CCCCCC2C(=O)O)n1. The molecule has 1 aromatic heterocycles. The van der Waals surface area contributed by atoms with Crippen molar-refractivity contribution in [3.05, 3.63) is 18.1 Å². The van der Waals surface area contributed by atoms with Crippen molar-refractivity contribution >= 4 is 17.8 Å². The summed E-state index contributed by atoms with van der Waals surface area (Å²) in [6.45, 7) is 0.594. The minimum Gasteiger partial charge on any atom is -0.480 e. The number of carboxylic acids is 1. The van der Waals surface area contributed by atoms with Crippen molar-refractivity contribution in [2.24, 2.45) is 0 Å². The Morgan fingerprint density at radius 3 is 2.85 bits per heavy atom. The van der Waals surface area contributed by atoms with Gasteiger partial charge in [-0.25, -0.2) is 14.6 Å². The molecule has 1 unspecified atom stereocenters. The van der Waals surface area contributed by atoms with E-state index in [1.807, 2.05) is 0 Å². The molecule has 1 N–H and O–H groups in total. The number of carboxylic acid groups (broad SMARTS) is 1. The van der Waals surface area contributed by atoms with Gasteiger partial charge in [0, 0.05) is 6.54 Å². The third-order valence-corrected chi connectivity index (χ3v) is 3.35. The average molecular weight is 279 g/mol. The van der Waals surface area contributed by atoms with Gasteiger partial charge in [-0.3, -0.25) is 4.98 Å². The number of aromatic nitrogens is 2. The van der Waals surface area contributed by atoms with Gasteiger partial charge in [0.1, 0.15) is 11.9 Å². The van der Waals surface area contributed by atoms with Crippen LogP contribution in [-0.4, -0.2) is 46.7 Å². The molecule has 2 heterocycles. The van der Waals surface area contributed by atoms with E-state index in [0.717, 1.165) is 19.3 Å². The van der Waals surface area contributed by atoms with Crippen LogP contribution in [0.2, 0.25) is 0 Å². The van der Waals surface area contributed by atoms with Crippen molar-refractivity contribution < 1.29 is 19.4 Å². The van der Waals surface area contributed by atoms with Crippen molar-refractivity contribution in [2.75, 3.05) is 18.6 Å². The van der Waals surface area contributed by atoms with Crippen LogP contribution in [0.3, 0.4) is 0 Å². The highest BCUT2D eigenvalue weighted by Crippen LogP contribution is 2.22. The van der Waals surface area contributed by atoms with Gasteiger partial charge in [-0.2, -0.15) is 0 Å². The minimum atomic E-state index is -0.878. The molecular weight excluding hydrogens is 262 g/mol. The van der Waals surface area contributed by atoms with E-state index in [2.05, 4.69) is 14.7 Å². The van der Waals surface area contributed by atoms with Gasteiger partial charge in [0.2, 0.25) is 0 Å². The van der Waals surface area contributed by atoms with Crippen LogP contribution in [0.5, 0.6) is 0 Å². The van der Waals surface area contributed by atoms with Gasteiger partial charge in [-0.15, -0.1) is 0 Å². The van der Waals surface area contributed by atoms with Gasteiger partial charge in [0.05, 0.1) is 19.5 Å². The summed E-state index contributed by atoms with van der Waals surface area (Å²) in [5.74, 6) is -1.06. The first-order valence-corrected chi connectivity index (χ1v) is 6.53. The van der Waals surface area contributed by atoms with Crippen molar-refractivity contribution in [2.45, 2.75) is 31.7 Å². The Morgan fingerprint density at radius 2 is 2.15 bits per heavy atom. The lowest BCUT2D eigenvalue weighted by atomic mass is 10.1. The summed E-state index contributed by atoms with van der Waals surface area (Å²) in [7, 11) is 1.27. The Morgan fingerprint density at radius 1 is 1.35 bits per heavy atom. The van der Waals surface area contributed by atoms with Crippen LogP contribution in [0.4, 0.5) is 5.82 Å². The van der Waals surface area contributed by atoms with E-state index in [4.69, 9.17) is 0 Å². The average Bonchev–Trinajstić information content (AvgIpc) is 2.72. The molecule has 2 rings (SSSR count). The van der Waals surface area contributed by atoms with Gasteiger partial charge >= 0.3 is 11.9 Å². The fourth-order valence-corrected chi connectivity index (χ4v) is 2.34. The maximum atomic E-state index is 11.5. The molecule has 108 valence electrons. The summed E-state index contributed by atoms with van der Waals surface area (Å²) in [6, 6.07) is -0.625. The predicted molar refractivity (Wildman–Crippen MR) is 70.6 cm³/mol. The first-order chi connectivity index (χ1) is 9.63. The Kier molecular flexibility index (Phi) is 4.49. The third kappa shape index (κ3) is 3.04. The zero-order valence-electron chi connectivity index (χ0n) is 11.3. The number of nitrogens with zero attached hydrogens (tertiary/aromatic N) is 3. The van der Waals surface area contributed by atoms with Crippen molar-refractivity contribution in [1.29, 1.82) is 0 Å². The third-order valence-electron chi connectivity index (χ3n) is 3.35. The van der Waals surface area contributed by atoms with Crippen LogP contribution in [-0.2, 0) is 9.53 Å². The Bertz CT molecular complexity index is 506. The van der Waals surface area contributed by atoms with Gasteiger partial charge in [-0.1, -0.05) is 12.8 Å². The van der Waals surface area contributed by atoms with Gasteiger partial charge in [0.15, 0.2) is 5.69 Å². The summed E-state index contributed by atoms with van der Waals surface area (Å²) in [4.78, 5) is 32.7. The molecule has 1 atom stereocenters. The second-order valence-corrected chi connectivity index (χ2v) is 4.65. The number of esters is 1. The fraction of sp³-hybridized carbons (Fsp3) is 0.538. The summed E-state index contributed by atoms with van der Waals surface area (Å²) in [5, 5.41) is 9.34. The lowest BCUT2D eigenvalue weighted by Gasteiger charge is -2.27. The lowest BCUT2D eigenvalue weighted by molar-refractivity contribution is -0.138. The van der Waals surface area contributed by atoms with Crippen LogP contribution in [0, 0.1) is 0 Å². The first kappa shape index (κ1) is 14.2. The minimum absolute atomic E-state index is 0.0818. The van der Waals surface area contributed by atoms with E-state index >= 15 is 0 Å². The molecular formula is C13H17N3O4. The number of hydrogen-bond donors (Lipinski definition) is 1. The molecule has 7 nitrogen and oxygen atoms in total. The largest absolute Gasteiger partial charge is 0.480 e. The van der Waals surface area contributed by atoms with Crippen LogP contribution >= 0.6 is 0 Å². The van der Waals surface area contributed by atoms with Crippen molar-refractivity contribution in [1.82, 2.24) is 9.97 Å². The second-order valence-electron chi connectivity index (χ2n) is 4.65. The number of anilines is 1. The fourth-order valence-electron chi connectivity index (χ4n) is 2.34. The molecule has 1 aliphatic heterocycles. The number of carbonyl (C=O) groups excluding carboxylic acids is 1. The zero-order valence-corrected chi connectivity index (χ0v) is 11.3. The molecule has 0 saturated carbocycles. The summed E-state index contributed by atoms with van der Waals surface area (Å²) < 4.78 is 4.60. The van der Waals surface area contributed by atoms with Gasteiger partial charge in [-0.05, 0) is 12.8 Å². The number of carbonyl (C=O) groups is 2. The Hall–Kier alpha value is -2.18. The molecule has 20 heavy (non-hydrogen) atoms. The highest BCUT2D eigenvalue weighted by atomic mass is 16.5. The molecule has 1 aliphatic rings. The highest BCUT2D eigenvalue weighted by molar-refractivity contribution is 5.87. The van der Waals surface area contributed by atoms with E-state index in [9.17, 15) is 14.7 Å². The van der Waals surface area contributed by atoms with Crippen molar-refractivity contribution in [3.63, 3.8) is 0 Å². The summed E-state index contributed by atoms with van der Waals surface area (Å²) in [5.41, 5.74) is 0.0818. The second kappa shape index (κ2) is 6.31. The predicted octanol–water partition coefficient (Wildman–Crippen LogP) is 1.10. The van der Waals surface area contributed by atoms with E-state index in [1.165, 1.54) is 19.5 Å². The topological polar surface area (TPSA) is 92.6 Å². The number of rotatable bonds is 3. The van der Waals surface area contributed by atoms with Gasteiger partial charge < -0.3 is 14.7 Å². The standard InChI is InChI=1S/C13H17N3O4/c1-20-13(19)9-7-14-8-11(15-9)16-6-4-2-3-5-10(16)12(17)18/h7-8,10H,2-6H2,1H3,(H,17,18). The monoisotopic (exact) mass is 279 g/mol. The molecule has 0 aromatic carbocycles. The van der Waals surface area contributed by atoms with Gasteiger partial charge in [0.25, 0.3) is 0 Å². The Balaban J connectivity index is 2.31. The molecule has 0 spiro atoms. The summed E-state index contributed by atoms with van der Waals surface area (Å²) >= 11 is 0. The molecule has 1 fully saturated rings. The smallest absolute Gasteiger partial charge is 0.358 e. The number of aliphatic carboxylic acids is 1. The number of hydrogen-bond acceptors (Lipinski definition) is 6. The molecule has 0 aliphatic carbocycles. The Labute approximate surface area is 116 Å². The van der Waals surface area contributed by atoms with E-state index in [1.54, 1.807) is 4.90 Å². The van der Waals surface area contributed by atoms with E-state index in [-0.39, 0.29) is 5.69 Å². The normalized spacial score (nSPS) is 19.2. The zero-order chi connectivity index (χ0) is 14.5. The maximum absolute atomic E-state index is 11.5. The van der Waals surface area contributed by atoms with E-state index in [0.29, 0.717) is 18.8 Å². The molecule has 1 saturated heterocycles. The number of ether oxygens (including phenoxy) is 1. The molecule has 0 bridgehead atoms.